The number of hydrogen-bond acceptors (Lipinski definition) is 4. The molecular formula is C22H27NO4. The van der Waals surface area contributed by atoms with E-state index in [1.807, 2.05) is 29.2 Å². The zero-order valence-electron chi connectivity index (χ0n) is 15.6. The molecule has 0 aromatic heterocycles. The molecule has 2 aliphatic heterocycles. The summed E-state index contributed by atoms with van der Waals surface area (Å²) in [6.45, 7) is 3.55. The van der Waals surface area contributed by atoms with Gasteiger partial charge in [0, 0.05) is 30.8 Å². The van der Waals surface area contributed by atoms with E-state index >= 15 is 0 Å². The Hall–Kier alpha value is -2.11. The summed E-state index contributed by atoms with van der Waals surface area (Å²) in [7, 11) is 0. The van der Waals surface area contributed by atoms with E-state index in [0.717, 1.165) is 43.5 Å². The van der Waals surface area contributed by atoms with Gasteiger partial charge in [0.25, 0.3) is 0 Å². The van der Waals surface area contributed by atoms with Crippen molar-refractivity contribution in [3.8, 4) is 5.75 Å². The molecule has 5 nitrogen and oxygen atoms in total. The molecule has 5 heteroatoms. The molecule has 27 heavy (non-hydrogen) atoms. The summed E-state index contributed by atoms with van der Waals surface area (Å²) < 4.78 is 17.1. The largest absolute Gasteiger partial charge is 0.493 e. The highest BCUT2D eigenvalue weighted by atomic mass is 16.7. The lowest BCUT2D eigenvalue weighted by molar-refractivity contribution is -0.137. The third-order valence-corrected chi connectivity index (χ3v) is 5.47. The molecule has 2 fully saturated rings. The fourth-order valence-corrected chi connectivity index (χ4v) is 3.96. The summed E-state index contributed by atoms with van der Waals surface area (Å²) in [4.78, 5) is 14.4. The van der Waals surface area contributed by atoms with Crippen molar-refractivity contribution in [1.82, 2.24) is 4.90 Å². The SMILES string of the molecule is O=C(CCCOc1cccc2ccccc12)N1CCC(C2OCCO2)CC1. The van der Waals surface area contributed by atoms with Crippen molar-refractivity contribution in [1.29, 1.82) is 0 Å². The maximum Gasteiger partial charge on any atom is 0.222 e. The highest BCUT2D eigenvalue weighted by Gasteiger charge is 2.31. The maximum atomic E-state index is 12.5. The molecule has 2 saturated heterocycles. The zero-order chi connectivity index (χ0) is 18.5. The van der Waals surface area contributed by atoms with Gasteiger partial charge in [0.05, 0.1) is 19.8 Å². The van der Waals surface area contributed by atoms with E-state index in [2.05, 4.69) is 18.2 Å². The summed E-state index contributed by atoms with van der Waals surface area (Å²) in [6, 6.07) is 14.3. The number of hydrogen-bond donors (Lipinski definition) is 0. The van der Waals surface area contributed by atoms with Crippen molar-refractivity contribution in [2.75, 3.05) is 32.9 Å². The lowest BCUT2D eigenvalue weighted by Gasteiger charge is -2.33. The van der Waals surface area contributed by atoms with Crippen molar-refractivity contribution < 1.29 is 19.0 Å². The molecule has 2 aliphatic rings. The number of ether oxygens (including phenoxy) is 3. The molecule has 2 heterocycles. The number of fused-ring (bicyclic) bond motifs is 1. The lowest BCUT2D eigenvalue weighted by atomic mass is 9.96. The summed E-state index contributed by atoms with van der Waals surface area (Å²) in [6.07, 6.45) is 3.13. The number of amides is 1. The molecule has 0 saturated carbocycles. The molecule has 0 aliphatic carbocycles. The van der Waals surface area contributed by atoms with Crippen LogP contribution in [0.2, 0.25) is 0 Å². The van der Waals surface area contributed by atoms with E-state index in [1.165, 1.54) is 5.39 Å². The average molecular weight is 369 g/mol. The normalized spacial score (nSPS) is 18.9. The number of benzene rings is 2. The first-order valence-electron chi connectivity index (χ1n) is 9.93. The first-order valence-corrected chi connectivity index (χ1v) is 9.93. The summed E-state index contributed by atoms with van der Waals surface area (Å²) in [5.41, 5.74) is 0. The van der Waals surface area contributed by atoms with Gasteiger partial charge in [-0.3, -0.25) is 4.79 Å². The number of likely N-dealkylation sites (tertiary alicyclic amines) is 1. The summed E-state index contributed by atoms with van der Waals surface area (Å²) >= 11 is 0. The molecule has 0 bridgehead atoms. The molecule has 0 radical (unpaired) electrons. The summed E-state index contributed by atoms with van der Waals surface area (Å²) in [5.74, 6) is 1.53. The Morgan fingerprint density at radius 3 is 2.59 bits per heavy atom. The molecule has 0 unspecified atom stereocenters. The Kier molecular flexibility index (Phi) is 5.90. The van der Waals surface area contributed by atoms with Gasteiger partial charge in [0.1, 0.15) is 5.75 Å². The third-order valence-electron chi connectivity index (χ3n) is 5.47. The lowest BCUT2D eigenvalue weighted by Crippen LogP contribution is -2.41. The highest BCUT2D eigenvalue weighted by molar-refractivity contribution is 5.88. The van der Waals surface area contributed by atoms with Crippen LogP contribution in [0.5, 0.6) is 5.75 Å². The van der Waals surface area contributed by atoms with Crippen LogP contribution in [0.15, 0.2) is 42.5 Å². The van der Waals surface area contributed by atoms with Gasteiger partial charge in [0.15, 0.2) is 6.29 Å². The van der Waals surface area contributed by atoms with Crippen molar-refractivity contribution in [2.45, 2.75) is 32.0 Å². The molecular weight excluding hydrogens is 342 g/mol. The third kappa shape index (κ3) is 4.42. The fraction of sp³-hybridized carbons (Fsp3) is 0.500. The number of nitrogens with zero attached hydrogens (tertiary/aromatic N) is 1. The van der Waals surface area contributed by atoms with Crippen LogP contribution >= 0.6 is 0 Å². The topological polar surface area (TPSA) is 48.0 Å². The first-order chi connectivity index (χ1) is 13.3. The van der Waals surface area contributed by atoms with Crippen LogP contribution in [-0.2, 0) is 14.3 Å². The Balaban J connectivity index is 1.20. The van der Waals surface area contributed by atoms with Gasteiger partial charge in [-0.2, -0.15) is 0 Å². The van der Waals surface area contributed by atoms with Crippen LogP contribution in [0.4, 0.5) is 0 Å². The maximum absolute atomic E-state index is 12.5. The Morgan fingerprint density at radius 1 is 1.04 bits per heavy atom. The predicted molar refractivity (Wildman–Crippen MR) is 104 cm³/mol. The monoisotopic (exact) mass is 369 g/mol. The summed E-state index contributed by atoms with van der Waals surface area (Å²) in [5, 5.41) is 2.29. The van der Waals surface area contributed by atoms with E-state index in [9.17, 15) is 4.79 Å². The van der Waals surface area contributed by atoms with Crippen LogP contribution in [0.3, 0.4) is 0 Å². The van der Waals surface area contributed by atoms with Gasteiger partial charge in [-0.25, -0.2) is 0 Å². The van der Waals surface area contributed by atoms with Crippen molar-refractivity contribution in [2.24, 2.45) is 5.92 Å². The minimum Gasteiger partial charge on any atom is -0.493 e. The molecule has 1 amide bonds. The van der Waals surface area contributed by atoms with Crippen LogP contribution in [0, 0.1) is 5.92 Å². The van der Waals surface area contributed by atoms with Crippen molar-refractivity contribution in [3.05, 3.63) is 42.5 Å². The van der Waals surface area contributed by atoms with E-state index in [-0.39, 0.29) is 12.2 Å². The number of carbonyl (C=O) groups excluding carboxylic acids is 1. The van der Waals surface area contributed by atoms with E-state index in [4.69, 9.17) is 14.2 Å². The Labute approximate surface area is 160 Å². The van der Waals surface area contributed by atoms with Crippen LogP contribution in [-0.4, -0.2) is 50.0 Å². The van der Waals surface area contributed by atoms with Gasteiger partial charge in [-0.05, 0) is 30.7 Å². The average Bonchev–Trinajstić information content (AvgIpc) is 3.26. The van der Waals surface area contributed by atoms with Crippen molar-refractivity contribution >= 4 is 16.7 Å². The molecule has 144 valence electrons. The first kappa shape index (κ1) is 18.3. The van der Waals surface area contributed by atoms with E-state index < -0.39 is 0 Å². The van der Waals surface area contributed by atoms with Gasteiger partial charge >= 0.3 is 0 Å². The number of rotatable bonds is 6. The van der Waals surface area contributed by atoms with Crippen LogP contribution in [0.1, 0.15) is 25.7 Å². The fourth-order valence-electron chi connectivity index (χ4n) is 3.96. The van der Waals surface area contributed by atoms with E-state index in [1.54, 1.807) is 0 Å². The number of carbonyl (C=O) groups is 1. The van der Waals surface area contributed by atoms with E-state index in [0.29, 0.717) is 32.2 Å². The van der Waals surface area contributed by atoms with Gasteiger partial charge in [-0.1, -0.05) is 36.4 Å². The Bertz CT molecular complexity index is 759. The van der Waals surface area contributed by atoms with Crippen LogP contribution in [0.25, 0.3) is 10.8 Å². The second-order valence-corrected chi connectivity index (χ2v) is 7.26. The van der Waals surface area contributed by atoms with Gasteiger partial charge in [-0.15, -0.1) is 0 Å². The number of piperidine rings is 1. The standard InChI is InChI=1S/C22H27NO4/c24-21(23-12-10-18(11-13-23)22-26-15-16-27-22)9-4-14-25-20-8-3-6-17-5-1-2-7-19(17)20/h1-3,5-8,18,22H,4,9-16H2. The molecule has 0 atom stereocenters. The zero-order valence-corrected chi connectivity index (χ0v) is 15.6. The molecule has 4 rings (SSSR count). The minimum absolute atomic E-state index is 0.0589. The Morgan fingerprint density at radius 2 is 1.78 bits per heavy atom. The highest BCUT2D eigenvalue weighted by Crippen LogP contribution is 2.27. The molecule has 0 N–H and O–H groups in total. The smallest absolute Gasteiger partial charge is 0.222 e. The van der Waals surface area contributed by atoms with Gasteiger partial charge in [0.2, 0.25) is 5.91 Å². The second-order valence-electron chi connectivity index (χ2n) is 7.26. The van der Waals surface area contributed by atoms with Crippen LogP contribution < -0.4 is 4.74 Å². The second kappa shape index (κ2) is 8.72. The molecule has 2 aromatic rings. The van der Waals surface area contributed by atoms with Crippen molar-refractivity contribution in [3.63, 3.8) is 0 Å². The minimum atomic E-state index is -0.0589. The quantitative estimate of drug-likeness (QED) is 0.730. The van der Waals surface area contributed by atoms with Gasteiger partial charge < -0.3 is 19.1 Å². The molecule has 0 spiro atoms. The molecule has 2 aromatic carbocycles. The predicted octanol–water partition coefficient (Wildman–Crippen LogP) is 3.61.